The molecule has 0 spiro atoms. The summed E-state index contributed by atoms with van der Waals surface area (Å²) in [5, 5.41) is 97.0. The molecule has 0 amide bonds. The van der Waals surface area contributed by atoms with Crippen molar-refractivity contribution in [3.63, 3.8) is 0 Å². The van der Waals surface area contributed by atoms with E-state index in [1.54, 1.807) is 0 Å². The SMILES string of the molecule is CC(C)=CCC[C@@](C)(O)[C@H]1CC[C@H]2[C@H]1C(O)C[C@@H]1[C@]2(C)CC[C@H]2C(C)(C)C(OC3O[C@H](CO)[C@@H](O)[C@H](O)[C@H]3OC3O[C@H](CO)[C@@H](O)[C@H](O)[C@H]3O)CC[C@]12C. The maximum Gasteiger partial charge on any atom is 0.187 e. The molecule has 0 aromatic carbocycles. The lowest BCUT2D eigenvalue weighted by atomic mass is 9.38. The Balaban J connectivity index is 1.20. The van der Waals surface area contributed by atoms with Crippen LogP contribution in [0.2, 0.25) is 0 Å². The molecule has 4 unspecified atom stereocenters. The lowest BCUT2D eigenvalue weighted by Gasteiger charge is -2.68. The van der Waals surface area contributed by atoms with Gasteiger partial charge in [-0.1, -0.05) is 39.3 Å². The Morgan fingerprint density at radius 3 is 1.98 bits per heavy atom. The summed E-state index contributed by atoms with van der Waals surface area (Å²) in [6, 6.07) is 0. The van der Waals surface area contributed by atoms with E-state index >= 15 is 0 Å². The van der Waals surface area contributed by atoms with Crippen LogP contribution in [0.25, 0.3) is 0 Å². The van der Waals surface area contributed by atoms with E-state index in [1.165, 1.54) is 5.57 Å². The molecule has 9 N–H and O–H groups in total. The molecule has 312 valence electrons. The van der Waals surface area contributed by atoms with Crippen molar-refractivity contribution in [3.05, 3.63) is 11.6 Å². The van der Waals surface area contributed by atoms with Gasteiger partial charge in [-0.2, -0.15) is 0 Å². The molecule has 0 aromatic rings. The number of hydrogen-bond acceptors (Lipinski definition) is 13. The standard InChI is InChI=1S/C41H70O13/c1-20(2)9-8-14-41(7,50)22-11-10-21-29(22)23(44)17-27-39(21,5)15-12-26-38(3,4)28(13-16-40(26,27)6)53-37-35(33(48)31(46)25(19-43)52-37)54-36-34(49)32(47)30(45)24(18-42)51-36/h9,21-37,42-50H,8,10-19H2,1-7H3/t21-,22-,23?,24+,25+,26-,27+,28?,29+,30+,31+,32-,33-,34+,35+,36?,37?,39+,40-,41+/m0/s1. The van der Waals surface area contributed by atoms with Crippen LogP contribution in [0, 0.1) is 45.8 Å². The van der Waals surface area contributed by atoms with E-state index in [0.29, 0.717) is 25.2 Å². The second kappa shape index (κ2) is 15.8. The Morgan fingerprint density at radius 1 is 0.741 bits per heavy atom. The fourth-order valence-corrected chi connectivity index (χ4v) is 12.9. The number of fused-ring (bicyclic) bond motifs is 5. The van der Waals surface area contributed by atoms with Crippen LogP contribution in [0.5, 0.6) is 0 Å². The molecule has 4 saturated carbocycles. The van der Waals surface area contributed by atoms with Gasteiger partial charge in [-0.3, -0.25) is 0 Å². The molecule has 4 aliphatic carbocycles. The van der Waals surface area contributed by atoms with Crippen LogP contribution in [0.3, 0.4) is 0 Å². The topological polar surface area (TPSA) is 219 Å². The van der Waals surface area contributed by atoms with Gasteiger partial charge in [0.1, 0.15) is 48.8 Å². The van der Waals surface area contributed by atoms with Crippen molar-refractivity contribution in [1.29, 1.82) is 0 Å². The first kappa shape index (κ1) is 42.8. The van der Waals surface area contributed by atoms with E-state index in [0.717, 1.165) is 38.5 Å². The fourth-order valence-electron chi connectivity index (χ4n) is 12.9. The molecule has 2 heterocycles. The van der Waals surface area contributed by atoms with Crippen molar-refractivity contribution in [2.75, 3.05) is 13.2 Å². The Hall–Kier alpha value is -0.780. The Kier molecular flexibility index (Phi) is 12.5. The summed E-state index contributed by atoms with van der Waals surface area (Å²) in [6.07, 6.45) is -6.26. The number of ether oxygens (including phenoxy) is 4. The van der Waals surface area contributed by atoms with Crippen molar-refractivity contribution < 1.29 is 64.9 Å². The van der Waals surface area contributed by atoms with Gasteiger partial charge in [-0.05, 0) is 124 Å². The summed E-state index contributed by atoms with van der Waals surface area (Å²) in [6.45, 7) is 14.1. The monoisotopic (exact) mass is 770 g/mol. The van der Waals surface area contributed by atoms with Gasteiger partial charge >= 0.3 is 0 Å². The largest absolute Gasteiger partial charge is 0.394 e. The molecule has 0 radical (unpaired) electrons. The van der Waals surface area contributed by atoms with E-state index in [4.69, 9.17) is 18.9 Å². The first-order valence-electron chi connectivity index (χ1n) is 20.5. The van der Waals surface area contributed by atoms with Crippen molar-refractivity contribution in [1.82, 2.24) is 0 Å². The maximum absolute atomic E-state index is 12.0. The second-order valence-electron chi connectivity index (χ2n) is 19.5. The molecule has 2 saturated heterocycles. The molecule has 6 rings (SSSR count). The quantitative estimate of drug-likeness (QED) is 0.114. The van der Waals surface area contributed by atoms with Gasteiger partial charge in [0.25, 0.3) is 0 Å². The highest BCUT2D eigenvalue weighted by Crippen LogP contribution is 2.72. The zero-order valence-corrected chi connectivity index (χ0v) is 33.3. The molecule has 6 fully saturated rings. The van der Waals surface area contributed by atoms with Gasteiger partial charge in [0.15, 0.2) is 12.6 Å². The highest BCUT2D eigenvalue weighted by molar-refractivity contribution is 5.16. The summed E-state index contributed by atoms with van der Waals surface area (Å²) in [4.78, 5) is 0. The third-order valence-electron chi connectivity index (χ3n) is 15.8. The van der Waals surface area contributed by atoms with Crippen molar-refractivity contribution >= 4 is 0 Å². The Bertz CT molecular complexity index is 1320. The third kappa shape index (κ3) is 7.28. The van der Waals surface area contributed by atoms with Crippen LogP contribution < -0.4 is 0 Å². The first-order valence-corrected chi connectivity index (χ1v) is 20.5. The number of aliphatic hydroxyl groups is 9. The fraction of sp³-hybridized carbons (Fsp3) is 0.951. The predicted molar refractivity (Wildman–Crippen MR) is 196 cm³/mol. The van der Waals surface area contributed by atoms with E-state index in [-0.39, 0.29) is 34.5 Å². The van der Waals surface area contributed by atoms with Gasteiger partial charge in [0, 0.05) is 0 Å². The van der Waals surface area contributed by atoms with E-state index in [1.807, 2.05) is 6.92 Å². The van der Waals surface area contributed by atoms with Crippen molar-refractivity contribution in [3.8, 4) is 0 Å². The summed E-state index contributed by atoms with van der Waals surface area (Å²) in [5.41, 5.74) is -0.132. The Morgan fingerprint density at radius 2 is 1.35 bits per heavy atom. The summed E-state index contributed by atoms with van der Waals surface area (Å²) in [7, 11) is 0. The summed E-state index contributed by atoms with van der Waals surface area (Å²) < 4.78 is 24.3. The molecule has 2 aliphatic heterocycles. The van der Waals surface area contributed by atoms with Gasteiger partial charge in [-0.25, -0.2) is 0 Å². The maximum atomic E-state index is 12.0. The number of rotatable bonds is 10. The summed E-state index contributed by atoms with van der Waals surface area (Å²) >= 11 is 0. The normalized spacial score (nSPS) is 51.4. The molecule has 13 heteroatoms. The minimum absolute atomic E-state index is 0.00900. The van der Waals surface area contributed by atoms with E-state index < -0.39 is 97.8 Å². The lowest BCUT2D eigenvalue weighted by Crippen LogP contribution is -2.66. The molecule has 13 nitrogen and oxygen atoms in total. The van der Waals surface area contributed by atoms with E-state index in [2.05, 4.69) is 47.6 Å². The predicted octanol–water partition coefficient (Wildman–Crippen LogP) is 1.76. The molecular weight excluding hydrogens is 700 g/mol. The van der Waals surface area contributed by atoms with Crippen LogP contribution in [0.4, 0.5) is 0 Å². The average Bonchev–Trinajstić information content (AvgIpc) is 3.58. The van der Waals surface area contributed by atoms with Gasteiger partial charge in [0.2, 0.25) is 0 Å². The van der Waals surface area contributed by atoms with Crippen molar-refractivity contribution in [2.45, 2.75) is 185 Å². The minimum atomic E-state index is -1.75. The third-order valence-corrected chi connectivity index (χ3v) is 15.8. The van der Waals surface area contributed by atoms with Crippen molar-refractivity contribution in [2.24, 2.45) is 45.8 Å². The lowest BCUT2D eigenvalue weighted by molar-refractivity contribution is -0.378. The second-order valence-corrected chi connectivity index (χ2v) is 19.5. The summed E-state index contributed by atoms with van der Waals surface area (Å²) in [5.74, 6) is 0.898. The zero-order chi connectivity index (χ0) is 39.7. The smallest absolute Gasteiger partial charge is 0.187 e. The Labute approximate surface area is 320 Å². The van der Waals surface area contributed by atoms with E-state index in [9.17, 15) is 46.0 Å². The van der Waals surface area contributed by atoms with Crippen LogP contribution >= 0.6 is 0 Å². The van der Waals surface area contributed by atoms with Crippen LogP contribution in [-0.4, -0.2) is 138 Å². The zero-order valence-electron chi connectivity index (χ0n) is 33.3. The average molecular weight is 771 g/mol. The molecule has 20 atom stereocenters. The first-order chi connectivity index (χ1) is 25.2. The van der Waals surface area contributed by atoms with Gasteiger partial charge in [-0.15, -0.1) is 0 Å². The molecule has 0 bridgehead atoms. The highest BCUT2D eigenvalue weighted by Gasteiger charge is 2.68. The molecule has 54 heavy (non-hydrogen) atoms. The highest BCUT2D eigenvalue weighted by atomic mass is 16.8. The van der Waals surface area contributed by atoms with Crippen LogP contribution in [0.15, 0.2) is 11.6 Å². The van der Waals surface area contributed by atoms with Gasteiger partial charge < -0.3 is 64.9 Å². The molecular formula is C41H70O13. The van der Waals surface area contributed by atoms with Gasteiger partial charge in [0.05, 0.1) is 31.0 Å². The number of aliphatic hydroxyl groups excluding tert-OH is 8. The number of hydrogen-bond donors (Lipinski definition) is 9. The molecule has 6 aliphatic rings. The minimum Gasteiger partial charge on any atom is -0.394 e. The van der Waals surface area contributed by atoms with Crippen LogP contribution in [0.1, 0.15) is 106 Å². The van der Waals surface area contributed by atoms with Crippen LogP contribution in [-0.2, 0) is 18.9 Å². The molecule has 0 aromatic heterocycles. The number of allylic oxidation sites excluding steroid dienone is 2.